The van der Waals surface area contributed by atoms with Crippen molar-refractivity contribution in [2.45, 2.75) is 32.7 Å². The first-order chi connectivity index (χ1) is 10.1. The van der Waals surface area contributed by atoms with Crippen LogP contribution in [0.4, 0.5) is 0 Å². The normalized spacial score (nSPS) is 12.1. The average molecular weight is 287 g/mol. The lowest BCUT2D eigenvalue weighted by molar-refractivity contribution is 0.309. The molecule has 5 nitrogen and oxygen atoms in total. The highest BCUT2D eigenvalue weighted by atomic mass is 16.5. The van der Waals surface area contributed by atoms with Crippen molar-refractivity contribution in [3.63, 3.8) is 0 Å². The fourth-order valence-electron chi connectivity index (χ4n) is 1.96. The molecule has 0 aliphatic rings. The number of hydrogen-bond acceptors (Lipinski definition) is 4. The van der Waals surface area contributed by atoms with E-state index in [9.17, 15) is 4.79 Å². The third kappa shape index (κ3) is 3.92. The number of nitrogens with zero attached hydrogens (tertiary/aromatic N) is 1. The van der Waals surface area contributed by atoms with Crippen LogP contribution in [0.2, 0.25) is 0 Å². The molecule has 1 aromatic heterocycles. The summed E-state index contributed by atoms with van der Waals surface area (Å²) in [5, 5.41) is 6.55. The van der Waals surface area contributed by atoms with Gasteiger partial charge in [0.15, 0.2) is 0 Å². The van der Waals surface area contributed by atoms with Gasteiger partial charge in [-0.3, -0.25) is 4.79 Å². The summed E-state index contributed by atoms with van der Waals surface area (Å²) in [6.45, 7) is 4.63. The average Bonchev–Trinajstić information content (AvgIpc) is 2.48. The Morgan fingerprint density at radius 2 is 2.05 bits per heavy atom. The van der Waals surface area contributed by atoms with E-state index in [1.165, 1.54) is 0 Å². The zero-order valence-electron chi connectivity index (χ0n) is 12.4. The first kappa shape index (κ1) is 15.3. The van der Waals surface area contributed by atoms with Gasteiger partial charge in [0.1, 0.15) is 5.75 Å². The van der Waals surface area contributed by atoms with Gasteiger partial charge in [-0.15, -0.1) is 0 Å². The second kappa shape index (κ2) is 7.04. The topological polar surface area (TPSA) is 81.0 Å². The molecule has 0 fully saturated rings. The molecule has 112 valence electrons. The molecule has 3 N–H and O–H groups in total. The van der Waals surface area contributed by atoms with Crippen molar-refractivity contribution in [2.75, 3.05) is 6.61 Å². The van der Waals surface area contributed by atoms with Crippen molar-refractivity contribution in [1.82, 2.24) is 10.2 Å². The standard InChI is InChI=1S/C16H21N3O2/c1-3-4-9-21-13-7-5-12(6-8-13)15-10-14(11(2)17)16(20)19-18-15/h5-8,10-11H,3-4,9,17H2,1-2H3,(H,19,20). The fraction of sp³-hybridized carbons (Fsp3) is 0.375. The van der Waals surface area contributed by atoms with E-state index in [0.717, 1.165) is 30.8 Å². The zero-order valence-corrected chi connectivity index (χ0v) is 12.4. The molecule has 0 aliphatic heterocycles. The Morgan fingerprint density at radius 1 is 1.33 bits per heavy atom. The molecule has 0 saturated carbocycles. The molecule has 1 aromatic carbocycles. The summed E-state index contributed by atoms with van der Waals surface area (Å²) in [5.41, 5.74) is 7.68. The zero-order chi connectivity index (χ0) is 15.2. The predicted molar refractivity (Wildman–Crippen MR) is 83.3 cm³/mol. The minimum Gasteiger partial charge on any atom is -0.494 e. The van der Waals surface area contributed by atoms with Crippen LogP contribution in [-0.2, 0) is 0 Å². The molecule has 1 unspecified atom stereocenters. The van der Waals surface area contributed by atoms with Crippen LogP contribution in [0.15, 0.2) is 35.1 Å². The summed E-state index contributed by atoms with van der Waals surface area (Å²) in [5.74, 6) is 0.837. The highest BCUT2D eigenvalue weighted by Crippen LogP contribution is 2.21. The molecular weight excluding hydrogens is 266 g/mol. The van der Waals surface area contributed by atoms with Crippen molar-refractivity contribution in [3.05, 3.63) is 46.2 Å². The molecule has 21 heavy (non-hydrogen) atoms. The Hall–Kier alpha value is -2.14. The third-order valence-corrected chi connectivity index (χ3v) is 3.24. The van der Waals surface area contributed by atoms with E-state index in [-0.39, 0.29) is 11.6 Å². The van der Waals surface area contributed by atoms with Gasteiger partial charge in [0.2, 0.25) is 0 Å². The number of hydrogen-bond donors (Lipinski definition) is 2. The first-order valence-corrected chi connectivity index (χ1v) is 7.20. The Labute approximate surface area is 124 Å². The number of nitrogens with two attached hydrogens (primary N) is 1. The Balaban J connectivity index is 2.19. The molecule has 0 aliphatic carbocycles. The molecule has 0 bridgehead atoms. The number of aromatic amines is 1. The number of rotatable bonds is 6. The number of H-pyrrole nitrogens is 1. The van der Waals surface area contributed by atoms with Crippen molar-refractivity contribution in [3.8, 4) is 17.0 Å². The second-order valence-corrected chi connectivity index (χ2v) is 5.05. The molecule has 2 aromatic rings. The van der Waals surface area contributed by atoms with Crippen LogP contribution in [0, 0.1) is 0 Å². The van der Waals surface area contributed by atoms with Crippen LogP contribution in [0.3, 0.4) is 0 Å². The summed E-state index contributed by atoms with van der Waals surface area (Å²) in [4.78, 5) is 11.6. The van der Waals surface area contributed by atoms with E-state index in [4.69, 9.17) is 10.5 Å². The number of ether oxygens (including phenoxy) is 1. The Kier molecular flexibility index (Phi) is 5.11. The molecule has 0 spiro atoms. The van der Waals surface area contributed by atoms with Crippen LogP contribution < -0.4 is 16.0 Å². The summed E-state index contributed by atoms with van der Waals surface area (Å²) in [7, 11) is 0. The summed E-state index contributed by atoms with van der Waals surface area (Å²) in [6, 6.07) is 9.07. The number of nitrogens with one attached hydrogen (secondary N) is 1. The molecular formula is C16H21N3O2. The quantitative estimate of drug-likeness (QED) is 0.800. The molecule has 0 saturated heterocycles. The predicted octanol–water partition coefficient (Wildman–Crippen LogP) is 2.64. The van der Waals surface area contributed by atoms with Gasteiger partial charge in [0.25, 0.3) is 5.56 Å². The first-order valence-electron chi connectivity index (χ1n) is 7.20. The van der Waals surface area contributed by atoms with Crippen LogP contribution in [-0.4, -0.2) is 16.8 Å². The Bertz CT molecular complexity index is 633. The second-order valence-electron chi connectivity index (χ2n) is 5.05. The molecule has 1 atom stereocenters. The molecule has 2 rings (SSSR count). The van der Waals surface area contributed by atoms with E-state index >= 15 is 0 Å². The number of benzene rings is 1. The number of aromatic nitrogens is 2. The van der Waals surface area contributed by atoms with E-state index in [0.29, 0.717) is 11.3 Å². The molecule has 0 amide bonds. The van der Waals surface area contributed by atoms with Gasteiger partial charge >= 0.3 is 0 Å². The summed E-state index contributed by atoms with van der Waals surface area (Å²) in [6.07, 6.45) is 2.15. The third-order valence-electron chi connectivity index (χ3n) is 3.24. The van der Waals surface area contributed by atoms with E-state index in [1.54, 1.807) is 13.0 Å². The highest BCUT2D eigenvalue weighted by molar-refractivity contribution is 5.60. The van der Waals surface area contributed by atoms with E-state index in [2.05, 4.69) is 17.1 Å². The molecule has 5 heteroatoms. The van der Waals surface area contributed by atoms with Gasteiger partial charge in [-0.2, -0.15) is 5.10 Å². The maximum Gasteiger partial charge on any atom is 0.268 e. The highest BCUT2D eigenvalue weighted by Gasteiger charge is 2.09. The maximum atomic E-state index is 11.6. The monoisotopic (exact) mass is 287 g/mol. The fourth-order valence-corrected chi connectivity index (χ4v) is 1.96. The van der Waals surface area contributed by atoms with E-state index < -0.39 is 0 Å². The minimum absolute atomic E-state index is 0.242. The minimum atomic E-state index is -0.327. The van der Waals surface area contributed by atoms with Gasteiger partial charge in [0, 0.05) is 17.2 Å². The van der Waals surface area contributed by atoms with Crippen LogP contribution >= 0.6 is 0 Å². The smallest absolute Gasteiger partial charge is 0.268 e. The van der Waals surface area contributed by atoms with Gasteiger partial charge < -0.3 is 10.5 Å². The lowest BCUT2D eigenvalue weighted by Crippen LogP contribution is -2.20. The van der Waals surface area contributed by atoms with Gasteiger partial charge in [-0.25, -0.2) is 5.10 Å². The van der Waals surface area contributed by atoms with Crippen LogP contribution in [0.5, 0.6) is 5.75 Å². The SMILES string of the molecule is CCCCOc1ccc(-c2cc(C(C)N)c(=O)[nH]n2)cc1. The number of unbranched alkanes of at least 4 members (excludes halogenated alkanes) is 1. The summed E-state index contributed by atoms with van der Waals surface area (Å²) >= 11 is 0. The van der Waals surface area contributed by atoms with Crippen molar-refractivity contribution in [1.29, 1.82) is 0 Å². The maximum absolute atomic E-state index is 11.6. The summed E-state index contributed by atoms with van der Waals surface area (Å²) < 4.78 is 5.62. The molecule has 0 radical (unpaired) electrons. The lowest BCUT2D eigenvalue weighted by atomic mass is 10.1. The van der Waals surface area contributed by atoms with Crippen molar-refractivity contribution < 1.29 is 4.74 Å². The largest absolute Gasteiger partial charge is 0.494 e. The van der Waals surface area contributed by atoms with Gasteiger partial charge in [0.05, 0.1) is 12.3 Å². The Morgan fingerprint density at radius 3 is 2.67 bits per heavy atom. The van der Waals surface area contributed by atoms with Crippen LogP contribution in [0.1, 0.15) is 38.3 Å². The van der Waals surface area contributed by atoms with Crippen molar-refractivity contribution in [2.24, 2.45) is 5.73 Å². The van der Waals surface area contributed by atoms with Gasteiger partial charge in [-0.05, 0) is 43.7 Å². The van der Waals surface area contributed by atoms with Crippen LogP contribution in [0.25, 0.3) is 11.3 Å². The lowest BCUT2D eigenvalue weighted by Gasteiger charge is -2.08. The van der Waals surface area contributed by atoms with Crippen molar-refractivity contribution >= 4 is 0 Å². The van der Waals surface area contributed by atoms with E-state index in [1.807, 2.05) is 24.3 Å². The molecule has 1 heterocycles. The van der Waals surface area contributed by atoms with Gasteiger partial charge in [-0.1, -0.05) is 13.3 Å².